The Morgan fingerprint density at radius 1 is 1.54 bits per heavy atom. The van der Waals surface area contributed by atoms with Crippen LogP contribution < -0.4 is 4.72 Å². The molecule has 0 radical (unpaired) electrons. The van der Waals surface area contributed by atoms with Crippen LogP contribution >= 0.6 is 27.9 Å². The number of unbranched alkanes of at least 4 members (excludes halogenated alkanes) is 1. The van der Waals surface area contributed by atoms with Gasteiger partial charge in [0.25, 0.3) is 0 Å². The summed E-state index contributed by atoms with van der Waals surface area (Å²) in [5.74, 6) is 1.14. The minimum absolute atomic E-state index is 1.01. The Hall–Kier alpha value is -0.220. The molecule has 1 N–H and O–H groups in total. The van der Waals surface area contributed by atoms with Crippen molar-refractivity contribution in [3.63, 3.8) is 0 Å². The smallest absolute Gasteiger partial charge is 0.0637 e. The van der Waals surface area contributed by atoms with Gasteiger partial charge < -0.3 is 4.72 Å². The summed E-state index contributed by atoms with van der Waals surface area (Å²) >= 11 is 5.10. The molecule has 0 saturated carbocycles. The SMILES string of the molecule is CCCCSNc1cncc(Br)c1. The molecule has 0 bridgehead atoms. The molecule has 0 spiro atoms. The van der Waals surface area contributed by atoms with Crippen molar-refractivity contribution >= 4 is 33.6 Å². The number of hydrogen-bond acceptors (Lipinski definition) is 3. The van der Waals surface area contributed by atoms with E-state index in [1.807, 2.05) is 12.3 Å². The second-order valence-electron chi connectivity index (χ2n) is 2.70. The first-order chi connectivity index (χ1) is 6.33. The van der Waals surface area contributed by atoms with Gasteiger partial charge in [0.05, 0.1) is 11.9 Å². The van der Waals surface area contributed by atoms with Crippen molar-refractivity contribution in [2.45, 2.75) is 19.8 Å². The monoisotopic (exact) mass is 260 g/mol. The Labute approximate surface area is 91.8 Å². The molecule has 72 valence electrons. The predicted octanol–water partition coefficient (Wildman–Crippen LogP) is 3.70. The van der Waals surface area contributed by atoms with Gasteiger partial charge in [-0.1, -0.05) is 25.3 Å². The molecule has 0 aliphatic carbocycles. The van der Waals surface area contributed by atoms with E-state index < -0.39 is 0 Å². The lowest BCUT2D eigenvalue weighted by atomic mass is 10.4. The summed E-state index contributed by atoms with van der Waals surface area (Å²) in [5.41, 5.74) is 1.05. The van der Waals surface area contributed by atoms with E-state index in [0.717, 1.165) is 15.9 Å². The molecule has 0 amide bonds. The van der Waals surface area contributed by atoms with E-state index in [1.54, 1.807) is 18.1 Å². The van der Waals surface area contributed by atoms with Gasteiger partial charge in [-0.15, -0.1) is 0 Å². The molecular formula is C9H13BrN2S. The third-order valence-electron chi connectivity index (χ3n) is 1.49. The summed E-state index contributed by atoms with van der Waals surface area (Å²) in [4.78, 5) is 4.06. The standard InChI is InChI=1S/C9H13BrN2S/c1-2-3-4-13-12-9-5-8(10)6-11-7-9/h5-7,12H,2-4H2,1H3. The summed E-state index contributed by atoms with van der Waals surface area (Å²) in [6, 6.07) is 2.02. The number of aromatic nitrogens is 1. The lowest BCUT2D eigenvalue weighted by Gasteiger charge is -2.03. The average Bonchev–Trinajstić information content (AvgIpc) is 2.13. The fourth-order valence-corrected chi connectivity index (χ4v) is 2.00. The maximum Gasteiger partial charge on any atom is 0.0637 e. The highest BCUT2D eigenvalue weighted by atomic mass is 79.9. The lowest BCUT2D eigenvalue weighted by molar-refractivity contribution is 0.897. The molecule has 0 unspecified atom stereocenters. The number of halogens is 1. The molecule has 0 fully saturated rings. The first-order valence-corrected chi connectivity index (χ1v) is 6.09. The molecule has 0 aromatic carbocycles. The van der Waals surface area contributed by atoms with Crippen molar-refractivity contribution in [3.05, 3.63) is 22.9 Å². The van der Waals surface area contributed by atoms with Gasteiger partial charge in [-0.2, -0.15) is 0 Å². The Bertz CT molecular complexity index is 255. The molecule has 0 aliphatic rings. The van der Waals surface area contributed by atoms with Crippen molar-refractivity contribution in [2.75, 3.05) is 10.5 Å². The van der Waals surface area contributed by atoms with Crippen LogP contribution in [0.1, 0.15) is 19.8 Å². The number of nitrogens with one attached hydrogen (secondary N) is 1. The van der Waals surface area contributed by atoms with Crippen molar-refractivity contribution < 1.29 is 0 Å². The number of hydrogen-bond donors (Lipinski definition) is 1. The van der Waals surface area contributed by atoms with Gasteiger partial charge >= 0.3 is 0 Å². The van der Waals surface area contributed by atoms with Crippen molar-refractivity contribution in [1.29, 1.82) is 0 Å². The van der Waals surface area contributed by atoms with Gasteiger partial charge in [0.2, 0.25) is 0 Å². The number of rotatable bonds is 5. The fraction of sp³-hybridized carbons (Fsp3) is 0.444. The molecule has 0 saturated heterocycles. The second-order valence-corrected chi connectivity index (χ2v) is 4.51. The summed E-state index contributed by atoms with van der Waals surface area (Å²) in [6.07, 6.45) is 6.09. The Morgan fingerprint density at radius 3 is 3.08 bits per heavy atom. The van der Waals surface area contributed by atoms with Crippen LogP contribution in [0.5, 0.6) is 0 Å². The summed E-state index contributed by atoms with van der Waals surface area (Å²) in [7, 11) is 0. The van der Waals surface area contributed by atoms with Crippen molar-refractivity contribution in [2.24, 2.45) is 0 Å². The predicted molar refractivity (Wildman–Crippen MR) is 62.9 cm³/mol. The highest BCUT2D eigenvalue weighted by Crippen LogP contribution is 2.17. The first kappa shape index (κ1) is 10.9. The summed E-state index contributed by atoms with van der Waals surface area (Å²) in [5, 5.41) is 0. The molecule has 0 atom stereocenters. The van der Waals surface area contributed by atoms with Crippen molar-refractivity contribution in [1.82, 2.24) is 4.98 Å². The lowest BCUT2D eigenvalue weighted by Crippen LogP contribution is -1.89. The molecule has 13 heavy (non-hydrogen) atoms. The zero-order chi connectivity index (χ0) is 9.52. The van der Waals surface area contributed by atoms with Gasteiger partial charge in [0.15, 0.2) is 0 Å². The molecule has 2 nitrogen and oxygen atoms in total. The molecule has 1 aromatic rings. The normalized spacial score (nSPS) is 10.0. The Morgan fingerprint density at radius 2 is 2.38 bits per heavy atom. The van der Waals surface area contributed by atoms with E-state index in [0.29, 0.717) is 0 Å². The zero-order valence-corrected chi connectivity index (χ0v) is 9.99. The van der Waals surface area contributed by atoms with Crippen LogP contribution in [0.2, 0.25) is 0 Å². The Balaban J connectivity index is 2.28. The highest BCUT2D eigenvalue weighted by Gasteiger charge is 1.93. The van der Waals surface area contributed by atoms with E-state index in [4.69, 9.17) is 0 Å². The van der Waals surface area contributed by atoms with Crippen molar-refractivity contribution in [3.8, 4) is 0 Å². The van der Waals surface area contributed by atoms with Gasteiger partial charge in [-0.3, -0.25) is 4.98 Å². The van der Waals surface area contributed by atoms with Gasteiger partial charge in [0, 0.05) is 16.4 Å². The van der Waals surface area contributed by atoms with E-state index in [2.05, 4.69) is 32.6 Å². The van der Waals surface area contributed by atoms with Crippen LogP contribution in [0.3, 0.4) is 0 Å². The molecule has 1 heterocycles. The van der Waals surface area contributed by atoms with Crippen LogP contribution in [0.25, 0.3) is 0 Å². The maximum absolute atomic E-state index is 4.06. The summed E-state index contributed by atoms with van der Waals surface area (Å²) < 4.78 is 4.25. The Kier molecular flexibility index (Phi) is 5.23. The largest absolute Gasteiger partial charge is 0.328 e. The van der Waals surface area contributed by atoms with Crippen LogP contribution in [-0.4, -0.2) is 10.7 Å². The third-order valence-corrected chi connectivity index (χ3v) is 2.80. The van der Waals surface area contributed by atoms with Gasteiger partial charge in [-0.25, -0.2) is 0 Å². The van der Waals surface area contributed by atoms with Gasteiger partial charge in [-0.05, 0) is 28.4 Å². The molecule has 4 heteroatoms. The van der Waals surface area contributed by atoms with Crippen LogP contribution in [0, 0.1) is 0 Å². The molecule has 0 aliphatic heterocycles. The zero-order valence-electron chi connectivity index (χ0n) is 7.59. The number of pyridine rings is 1. The minimum Gasteiger partial charge on any atom is -0.328 e. The fourth-order valence-electron chi connectivity index (χ4n) is 0.819. The quantitative estimate of drug-likeness (QED) is 0.646. The minimum atomic E-state index is 1.01. The summed E-state index contributed by atoms with van der Waals surface area (Å²) in [6.45, 7) is 2.20. The van der Waals surface area contributed by atoms with Crippen LogP contribution in [0.15, 0.2) is 22.9 Å². The van der Waals surface area contributed by atoms with E-state index in [1.165, 1.54) is 12.8 Å². The number of nitrogens with zero attached hydrogens (tertiary/aromatic N) is 1. The van der Waals surface area contributed by atoms with Crippen LogP contribution in [-0.2, 0) is 0 Å². The van der Waals surface area contributed by atoms with E-state index >= 15 is 0 Å². The van der Waals surface area contributed by atoms with Gasteiger partial charge in [0.1, 0.15) is 0 Å². The first-order valence-electron chi connectivity index (χ1n) is 4.31. The van der Waals surface area contributed by atoms with E-state index in [-0.39, 0.29) is 0 Å². The third kappa shape index (κ3) is 4.52. The molecule has 1 rings (SSSR count). The second kappa shape index (κ2) is 6.27. The maximum atomic E-state index is 4.06. The average molecular weight is 261 g/mol. The van der Waals surface area contributed by atoms with Crippen LogP contribution in [0.4, 0.5) is 5.69 Å². The topological polar surface area (TPSA) is 24.9 Å². The van der Waals surface area contributed by atoms with E-state index in [9.17, 15) is 0 Å². The molecule has 1 aromatic heterocycles. The highest BCUT2D eigenvalue weighted by molar-refractivity contribution is 9.10. The number of anilines is 1. The molecular weight excluding hydrogens is 248 g/mol.